The molecule has 100 valence electrons. The van der Waals surface area contributed by atoms with Gasteiger partial charge in [0.2, 0.25) is 0 Å². The molecular weight excluding hydrogens is 248 g/mol. The first-order valence-corrected chi connectivity index (χ1v) is 5.81. The number of rotatable bonds is 2. The van der Waals surface area contributed by atoms with E-state index in [1.807, 2.05) is 0 Å². The van der Waals surface area contributed by atoms with Crippen molar-refractivity contribution in [1.82, 2.24) is 5.32 Å². The summed E-state index contributed by atoms with van der Waals surface area (Å²) in [7, 11) is 0. The fraction of sp³-hybridized carbons (Fsp3) is 0.500. The maximum atomic E-state index is 13.1. The summed E-state index contributed by atoms with van der Waals surface area (Å²) in [4.78, 5) is 0. The molecule has 2 nitrogen and oxygen atoms in total. The fourth-order valence-electron chi connectivity index (χ4n) is 2.04. The van der Waals surface area contributed by atoms with E-state index >= 15 is 0 Å². The molecule has 2 rings (SSSR count). The lowest BCUT2D eigenvalue weighted by Crippen LogP contribution is -2.38. The van der Waals surface area contributed by atoms with Crippen molar-refractivity contribution < 1.29 is 17.6 Å². The van der Waals surface area contributed by atoms with E-state index in [2.05, 4.69) is 10.6 Å². The average Bonchev–Trinajstić information content (AvgIpc) is 2.31. The minimum atomic E-state index is -4.66. The molecule has 1 fully saturated rings. The summed E-state index contributed by atoms with van der Waals surface area (Å²) in [5.41, 5.74) is -0.923. The van der Waals surface area contributed by atoms with Crippen LogP contribution in [0.1, 0.15) is 18.4 Å². The third kappa shape index (κ3) is 3.13. The first-order chi connectivity index (χ1) is 8.47. The van der Waals surface area contributed by atoms with E-state index in [1.165, 1.54) is 6.07 Å². The Hall–Kier alpha value is -1.30. The van der Waals surface area contributed by atoms with E-state index in [1.54, 1.807) is 0 Å². The van der Waals surface area contributed by atoms with Crippen LogP contribution in [0.4, 0.5) is 23.2 Å². The molecule has 1 atom stereocenters. The Morgan fingerprint density at radius 1 is 1.28 bits per heavy atom. The quantitative estimate of drug-likeness (QED) is 0.801. The predicted molar refractivity (Wildman–Crippen MR) is 60.9 cm³/mol. The number of benzene rings is 1. The second kappa shape index (κ2) is 5.14. The lowest BCUT2D eigenvalue weighted by atomic mass is 10.1. The minimum absolute atomic E-state index is 0.0882. The topological polar surface area (TPSA) is 24.1 Å². The van der Waals surface area contributed by atoms with Gasteiger partial charge in [0.05, 0.1) is 5.56 Å². The van der Waals surface area contributed by atoms with Crippen molar-refractivity contribution in [3.05, 3.63) is 29.6 Å². The number of piperidine rings is 1. The molecule has 0 aliphatic carbocycles. The van der Waals surface area contributed by atoms with E-state index in [-0.39, 0.29) is 6.04 Å². The normalized spacial score (nSPS) is 20.8. The van der Waals surface area contributed by atoms with E-state index in [9.17, 15) is 17.6 Å². The van der Waals surface area contributed by atoms with Crippen molar-refractivity contribution in [1.29, 1.82) is 0 Å². The predicted octanol–water partition coefficient (Wildman–Crippen LogP) is 3.01. The van der Waals surface area contributed by atoms with Crippen molar-refractivity contribution in [2.24, 2.45) is 0 Å². The number of anilines is 1. The van der Waals surface area contributed by atoms with Crippen molar-refractivity contribution in [3.8, 4) is 0 Å². The molecule has 1 saturated heterocycles. The van der Waals surface area contributed by atoms with Crippen LogP contribution in [0.25, 0.3) is 0 Å². The molecule has 1 aliphatic heterocycles. The highest BCUT2D eigenvalue weighted by Gasteiger charge is 2.34. The van der Waals surface area contributed by atoms with Gasteiger partial charge in [-0.05, 0) is 37.6 Å². The molecule has 2 N–H and O–H groups in total. The summed E-state index contributed by atoms with van der Waals surface area (Å²) >= 11 is 0. The van der Waals surface area contributed by atoms with Gasteiger partial charge in [-0.25, -0.2) is 4.39 Å². The monoisotopic (exact) mass is 262 g/mol. The zero-order valence-corrected chi connectivity index (χ0v) is 9.65. The number of hydrogen-bond donors (Lipinski definition) is 2. The van der Waals surface area contributed by atoms with Crippen molar-refractivity contribution in [3.63, 3.8) is 0 Å². The third-order valence-electron chi connectivity index (χ3n) is 2.94. The van der Waals surface area contributed by atoms with Gasteiger partial charge in [0.1, 0.15) is 5.82 Å². The molecule has 0 bridgehead atoms. The molecule has 18 heavy (non-hydrogen) atoms. The zero-order valence-electron chi connectivity index (χ0n) is 9.65. The lowest BCUT2D eigenvalue weighted by Gasteiger charge is -2.25. The standard InChI is InChI=1S/C12H14F4N2/c13-11-4-3-8(6-10(11)12(14,15)16)18-9-2-1-5-17-7-9/h3-4,6,9,17-18H,1-2,5,7H2. The third-order valence-corrected chi connectivity index (χ3v) is 2.94. The van der Waals surface area contributed by atoms with Gasteiger partial charge in [0.15, 0.2) is 0 Å². The Kier molecular flexibility index (Phi) is 3.75. The van der Waals surface area contributed by atoms with Gasteiger partial charge in [-0.3, -0.25) is 0 Å². The Balaban J connectivity index is 2.14. The van der Waals surface area contributed by atoms with Gasteiger partial charge in [-0.1, -0.05) is 0 Å². The molecule has 1 aliphatic rings. The van der Waals surface area contributed by atoms with E-state index in [4.69, 9.17) is 0 Å². The van der Waals surface area contributed by atoms with Crippen LogP contribution in [-0.4, -0.2) is 19.1 Å². The highest BCUT2D eigenvalue weighted by molar-refractivity contribution is 5.48. The number of hydrogen-bond acceptors (Lipinski definition) is 2. The summed E-state index contributed by atoms with van der Waals surface area (Å²) in [6.45, 7) is 1.63. The molecule has 1 aromatic carbocycles. The van der Waals surface area contributed by atoms with Gasteiger partial charge in [0, 0.05) is 18.3 Å². The van der Waals surface area contributed by atoms with Crippen LogP contribution in [0.15, 0.2) is 18.2 Å². The van der Waals surface area contributed by atoms with Gasteiger partial charge < -0.3 is 10.6 Å². The van der Waals surface area contributed by atoms with E-state index < -0.39 is 17.6 Å². The number of alkyl halides is 3. The van der Waals surface area contributed by atoms with Crippen LogP contribution < -0.4 is 10.6 Å². The summed E-state index contributed by atoms with van der Waals surface area (Å²) in [5.74, 6) is -1.24. The summed E-state index contributed by atoms with van der Waals surface area (Å²) < 4.78 is 50.7. The van der Waals surface area contributed by atoms with Gasteiger partial charge in [-0.2, -0.15) is 13.2 Å². The fourth-order valence-corrected chi connectivity index (χ4v) is 2.04. The molecule has 6 heteroatoms. The van der Waals surface area contributed by atoms with Crippen LogP contribution >= 0.6 is 0 Å². The Bertz CT molecular complexity index is 411. The molecule has 0 amide bonds. The molecule has 0 saturated carbocycles. The van der Waals surface area contributed by atoms with Gasteiger partial charge >= 0.3 is 6.18 Å². The van der Waals surface area contributed by atoms with Crippen LogP contribution in [0.5, 0.6) is 0 Å². The Labute approximate surface area is 102 Å². The van der Waals surface area contributed by atoms with Crippen molar-refractivity contribution in [2.45, 2.75) is 25.1 Å². The SMILES string of the molecule is Fc1ccc(NC2CCCNC2)cc1C(F)(F)F. The Morgan fingerprint density at radius 3 is 2.67 bits per heavy atom. The van der Waals surface area contributed by atoms with E-state index in [0.717, 1.165) is 31.5 Å². The van der Waals surface area contributed by atoms with E-state index in [0.29, 0.717) is 12.2 Å². The second-order valence-electron chi connectivity index (χ2n) is 4.38. The minimum Gasteiger partial charge on any atom is -0.381 e. The van der Waals surface area contributed by atoms with Crippen LogP contribution in [0.3, 0.4) is 0 Å². The number of halogens is 4. The number of nitrogens with one attached hydrogen (secondary N) is 2. The largest absolute Gasteiger partial charge is 0.419 e. The summed E-state index contributed by atoms with van der Waals surface area (Å²) in [6.07, 6.45) is -2.79. The smallest absolute Gasteiger partial charge is 0.381 e. The Morgan fingerprint density at radius 2 is 2.06 bits per heavy atom. The highest BCUT2D eigenvalue weighted by Crippen LogP contribution is 2.33. The van der Waals surface area contributed by atoms with Crippen molar-refractivity contribution >= 4 is 5.69 Å². The second-order valence-corrected chi connectivity index (χ2v) is 4.38. The molecule has 1 aromatic rings. The van der Waals surface area contributed by atoms with Crippen LogP contribution in [0.2, 0.25) is 0 Å². The summed E-state index contributed by atoms with van der Waals surface area (Å²) in [6, 6.07) is 3.09. The molecule has 0 radical (unpaired) electrons. The van der Waals surface area contributed by atoms with Crippen molar-refractivity contribution in [2.75, 3.05) is 18.4 Å². The first-order valence-electron chi connectivity index (χ1n) is 5.81. The maximum absolute atomic E-state index is 13.1. The molecule has 0 aromatic heterocycles. The van der Waals surface area contributed by atoms with Crippen LogP contribution in [0, 0.1) is 5.82 Å². The molecular formula is C12H14F4N2. The zero-order chi connectivity index (χ0) is 13.2. The average molecular weight is 262 g/mol. The van der Waals surface area contributed by atoms with Gasteiger partial charge in [0.25, 0.3) is 0 Å². The van der Waals surface area contributed by atoms with Gasteiger partial charge in [-0.15, -0.1) is 0 Å². The molecule has 1 heterocycles. The lowest BCUT2D eigenvalue weighted by molar-refractivity contribution is -0.139. The maximum Gasteiger partial charge on any atom is 0.419 e. The first kappa shape index (κ1) is 13.1. The summed E-state index contributed by atoms with van der Waals surface area (Å²) in [5, 5.41) is 6.14. The molecule has 0 spiro atoms. The van der Waals surface area contributed by atoms with Crippen LogP contribution in [-0.2, 0) is 6.18 Å². The highest BCUT2D eigenvalue weighted by atomic mass is 19.4. The molecule has 1 unspecified atom stereocenters.